The standard InChI is InChI=1S/C21H18N4O2/c1-13-3-5-14(6-4-13)17-11-12-22-19-18(17)20(26)25-21(24-19)23-15-7-9-16(27-2)10-8-15/h3-12H,1-2H3,(H2,22,23,24,25,26). The maximum Gasteiger partial charge on any atom is 0.262 e. The highest BCUT2D eigenvalue weighted by molar-refractivity contribution is 5.92. The fraction of sp³-hybridized carbons (Fsp3) is 0.0952. The molecule has 0 unspecified atom stereocenters. The lowest BCUT2D eigenvalue weighted by Crippen LogP contribution is -2.13. The monoisotopic (exact) mass is 358 g/mol. The maximum atomic E-state index is 12.8. The second kappa shape index (κ2) is 6.92. The Morgan fingerprint density at radius 2 is 1.74 bits per heavy atom. The number of hydrogen-bond donors (Lipinski definition) is 2. The van der Waals surface area contributed by atoms with E-state index in [1.165, 1.54) is 0 Å². The van der Waals surface area contributed by atoms with E-state index in [2.05, 4.69) is 20.3 Å². The van der Waals surface area contributed by atoms with E-state index < -0.39 is 0 Å². The number of nitrogens with one attached hydrogen (secondary N) is 2. The molecule has 6 heteroatoms. The van der Waals surface area contributed by atoms with Gasteiger partial charge < -0.3 is 10.1 Å². The van der Waals surface area contributed by atoms with E-state index in [4.69, 9.17) is 4.74 Å². The molecule has 27 heavy (non-hydrogen) atoms. The average Bonchev–Trinajstić information content (AvgIpc) is 2.69. The van der Waals surface area contributed by atoms with Gasteiger partial charge in [0, 0.05) is 11.9 Å². The maximum absolute atomic E-state index is 12.8. The highest BCUT2D eigenvalue weighted by Crippen LogP contribution is 2.25. The molecule has 0 aliphatic carbocycles. The van der Waals surface area contributed by atoms with Crippen LogP contribution >= 0.6 is 0 Å². The Morgan fingerprint density at radius 1 is 1.00 bits per heavy atom. The molecule has 0 radical (unpaired) electrons. The summed E-state index contributed by atoms with van der Waals surface area (Å²) in [5, 5.41) is 3.57. The van der Waals surface area contributed by atoms with Gasteiger partial charge in [0.25, 0.3) is 5.56 Å². The number of benzene rings is 2. The first-order valence-electron chi connectivity index (χ1n) is 8.51. The second-order valence-corrected chi connectivity index (χ2v) is 6.19. The highest BCUT2D eigenvalue weighted by atomic mass is 16.5. The molecule has 0 bridgehead atoms. The normalized spacial score (nSPS) is 10.7. The molecule has 2 aromatic carbocycles. The first-order valence-corrected chi connectivity index (χ1v) is 8.51. The second-order valence-electron chi connectivity index (χ2n) is 6.19. The van der Waals surface area contributed by atoms with Crippen LogP contribution in [0.15, 0.2) is 65.6 Å². The Morgan fingerprint density at radius 3 is 2.44 bits per heavy atom. The molecule has 0 aliphatic rings. The van der Waals surface area contributed by atoms with Gasteiger partial charge in [-0.25, -0.2) is 4.98 Å². The molecule has 0 spiro atoms. The Balaban J connectivity index is 1.76. The summed E-state index contributed by atoms with van der Waals surface area (Å²) in [6.07, 6.45) is 1.67. The van der Waals surface area contributed by atoms with Crippen molar-refractivity contribution in [2.45, 2.75) is 6.92 Å². The minimum absolute atomic E-state index is 0.236. The topological polar surface area (TPSA) is 79.9 Å². The van der Waals surface area contributed by atoms with Crippen molar-refractivity contribution in [2.24, 2.45) is 0 Å². The number of aromatic amines is 1. The molecule has 0 amide bonds. The van der Waals surface area contributed by atoms with Crippen molar-refractivity contribution in [3.8, 4) is 16.9 Å². The van der Waals surface area contributed by atoms with E-state index in [0.29, 0.717) is 17.0 Å². The Bertz CT molecular complexity index is 1150. The summed E-state index contributed by atoms with van der Waals surface area (Å²) in [7, 11) is 1.61. The van der Waals surface area contributed by atoms with Crippen LogP contribution in [-0.2, 0) is 0 Å². The largest absolute Gasteiger partial charge is 0.497 e. The minimum Gasteiger partial charge on any atom is -0.497 e. The van der Waals surface area contributed by atoms with Gasteiger partial charge in [0.2, 0.25) is 5.95 Å². The van der Waals surface area contributed by atoms with E-state index in [-0.39, 0.29) is 5.56 Å². The lowest BCUT2D eigenvalue weighted by molar-refractivity contribution is 0.415. The molecule has 2 aromatic heterocycles. The molecule has 0 fully saturated rings. The molecular formula is C21H18N4O2. The van der Waals surface area contributed by atoms with Crippen molar-refractivity contribution in [2.75, 3.05) is 12.4 Å². The van der Waals surface area contributed by atoms with Gasteiger partial charge in [-0.15, -0.1) is 0 Å². The molecule has 134 valence electrons. The number of methoxy groups -OCH3 is 1. The molecule has 0 aliphatic heterocycles. The zero-order valence-electron chi connectivity index (χ0n) is 15.0. The van der Waals surface area contributed by atoms with E-state index in [1.54, 1.807) is 13.3 Å². The van der Waals surface area contributed by atoms with Gasteiger partial charge in [0.1, 0.15) is 5.75 Å². The number of ether oxygens (including phenoxy) is 1. The van der Waals surface area contributed by atoms with Crippen LogP contribution in [0.5, 0.6) is 5.75 Å². The van der Waals surface area contributed by atoms with Gasteiger partial charge in [-0.05, 0) is 48.4 Å². The van der Waals surface area contributed by atoms with Crippen LogP contribution in [0.1, 0.15) is 5.56 Å². The first kappa shape index (κ1) is 16.8. The van der Waals surface area contributed by atoms with Crippen molar-refractivity contribution in [3.63, 3.8) is 0 Å². The Hall–Kier alpha value is -3.67. The Kier molecular flexibility index (Phi) is 4.30. The van der Waals surface area contributed by atoms with Gasteiger partial charge in [0.05, 0.1) is 12.5 Å². The van der Waals surface area contributed by atoms with Crippen LogP contribution in [0, 0.1) is 6.92 Å². The summed E-state index contributed by atoms with van der Waals surface area (Å²) in [5.74, 6) is 1.09. The van der Waals surface area contributed by atoms with Gasteiger partial charge in [-0.2, -0.15) is 4.98 Å². The van der Waals surface area contributed by atoms with E-state index in [0.717, 1.165) is 28.1 Å². The third-order valence-corrected chi connectivity index (χ3v) is 4.32. The molecule has 4 rings (SSSR count). The number of fused-ring (bicyclic) bond motifs is 1. The van der Waals surface area contributed by atoms with Gasteiger partial charge in [-0.1, -0.05) is 29.8 Å². The quantitative estimate of drug-likeness (QED) is 0.575. The fourth-order valence-corrected chi connectivity index (χ4v) is 2.91. The van der Waals surface area contributed by atoms with Crippen molar-refractivity contribution in [1.29, 1.82) is 0 Å². The molecular weight excluding hydrogens is 340 g/mol. The molecule has 2 heterocycles. The van der Waals surface area contributed by atoms with Crippen molar-refractivity contribution < 1.29 is 4.74 Å². The van der Waals surface area contributed by atoms with E-state index in [1.807, 2.05) is 61.5 Å². The van der Waals surface area contributed by atoms with Crippen LogP contribution in [0.3, 0.4) is 0 Å². The average molecular weight is 358 g/mol. The molecule has 0 atom stereocenters. The number of rotatable bonds is 4. The lowest BCUT2D eigenvalue weighted by atomic mass is 10.0. The number of hydrogen-bond acceptors (Lipinski definition) is 5. The highest BCUT2D eigenvalue weighted by Gasteiger charge is 2.11. The third kappa shape index (κ3) is 3.37. The van der Waals surface area contributed by atoms with Gasteiger partial charge in [0.15, 0.2) is 5.65 Å². The van der Waals surface area contributed by atoms with E-state index >= 15 is 0 Å². The predicted molar refractivity (Wildman–Crippen MR) is 107 cm³/mol. The number of pyridine rings is 1. The lowest BCUT2D eigenvalue weighted by Gasteiger charge is -2.09. The van der Waals surface area contributed by atoms with Crippen molar-refractivity contribution >= 4 is 22.7 Å². The van der Waals surface area contributed by atoms with Crippen LogP contribution in [0.25, 0.3) is 22.2 Å². The SMILES string of the molecule is COc1ccc(Nc2nc3nccc(-c4ccc(C)cc4)c3c(=O)[nH]2)cc1. The number of H-pyrrole nitrogens is 1. The molecule has 0 saturated carbocycles. The number of anilines is 2. The molecule has 6 nitrogen and oxygen atoms in total. The first-order chi connectivity index (χ1) is 13.1. The summed E-state index contributed by atoms with van der Waals surface area (Å²) < 4.78 is 5.15. The van der Waals surface area contributed by atoms with Gasteiger partial charge in [-0.3, -0.25) is 9.78 Å². The zero-order chi connectivity index (χ0) is 18.8. The predicted octanol–water partition coefficient (Wildman–Crippen LogP) is 4.05. The molecule has 4 aromatic rings. The fourth-order valence-electron chi connectivity index (χ4n) is 2.91. The van der Waals surface area contributed by atoms with Crippen LogP contribution in [0.4, 0.5) is 11.6 Å². The van der Waals surface area contributed by atoms with Crippen LogP contribution in [-0.4, -0.2) is 22.1 Å². The smallest absolute Gasteiger partial charge is 0.262 e. The summed E-state index contributed by atoms with van der Waals surface area (Å²) in [4.78, 5) is 24.3. The number of nitrogens with zero attached hydrogens (tertiary/aromatic N) is 2. The summed E-state index contributed by atoms with van der Waals surface area (Å²) in [6, 6.07) is 17.2. The van der Waals surface area contributed by atoms with Crippen LogP contribution < -0.4 is 15.6 Å². The van der Waals surface area contributed by atoms with Gasteiger partial charge >= 0.3 is 0 Å². The number of aromatic nitrogens is 3. The van der Waals surface area contributed by atoms with E-state index in [9.17, 15) is 4.79 Å². The summed E-state index contributed by atoms with van der Waals surface area (Å²) in [5.41, 5.74) is 3.87. The third-order valence-electron chi connectivity index (χ3n) is 4.32. The van der Waals surface area contributed by atoms with Crippen molar-refractivity contribution in [3.05, 3.63) is 76.7 Å². The molecule has 0 saturated heterocycles. The molecule has 2 N–H and O–H groups in total. The minimum atomic E-state index is -0.236. The zero-order valence-corrected chi connectivity index (χ0v) is 15.0. The summed E-state index contributed by atoms with van der Waals surface area (Å²) >= 11 is 0. The van der Waals surface area contributed by atoms with Crippen LogP contribution in [0.2, 0.25) is 0 Å². The summed E-state index contributed by atoms with van der Waals surface area (Å²) in [6.45, 7) is 2.03. The Labute approximate surface area is 155 Å². The van der Waals surface area contributed by atoms with Crippen molar-refractivity contribution in [1.82, 2.24) is 15.0 Å². The number of aryl methyl sites for hydroxylation is 1.